The summed E-state index contributed by atoms with van der Waals surface area (Å²) in [5.41, 5.74) is -0.856. The maximum atomic E-state index is 12.6. The monoisotopic (exact) mass is 392 g/mol. The number of alkyl halides is 3. The van der Waals surface area contributed by atoms with Crippen molar-refractivity contribution in [3.05, 3.63) is 16.1 Å². The van der Waals surface area contributed by atoms with Crippen molar-refractivity contribution in [3.63, 3.8) is 0 Å². The van der Waals surface area contributed by atoms with Crippen LogP contribution in [0, 0.1) is 0 Å². The van der Waals surface area contributed by atoms with E-state index in [1.165, 1.54) is 19.3 Å². The minimum Gasteiger partial charge on any atom is -0.378 e. The van der Waals surface area contributed by atoms with Crippen molar-refractivity contribution in [1.82, 2.24) is 15.6 Å². The summed E-state index contributed by atoms with van der Waals surface area (Å²) in [4.78, 5) is 7.89. The molecule has 0 saturated heterocycles. The molecule has 1 heterocycles. The van der Waals surface area contributed by atoms with Gasteiger partial charge in [-0.1, -0.05) is 19.3 Å². The average molecular weight is 392 g/mol. The zero-order valence-corrected chi connectivity index (χ0v) is 15.9. The second-order valence-electron chi connectivity index (χ2n) is 6.23. The van der Waals surface area contributed by atoms with E-state index in [0.29, 0.717) is 36.8 Å². The number of hydrogen-bond acceptors (Lipinski definition) is 4. The Morgan fingerprint density at radius 1 is 1.31 bits per heavy atom. The Kier molecular flexibility index (Phi) is 8.64. The highest BCUT2D eigenvalue weighted by atomic mass is 32.1. The van der Waals surface area contributed by atoms with Crippen LogP contribution < -0.4 is 10.6 Å². The molecule has 9 heteroatoms. The Morgan fingerprint density at radius 3 is 2.73 bits per heavy atom. The molecular formula is C17H27F3N4OS. The van der Waals surface area contributed by atoms with Crippen LogP contribution in [0.2, 0.25) is 0 Å². The maximum Gasteiger partial charge on any atom is 0.434 e. The minimum absolute atomic E-state index is 0.120. The van der Waals surface area contributed by atoms with Crippen molar-refractivity contribution in [2.24, 2.45) is 4.99 Å². The van der Waals surface area contributed by atoms with Crippen LogP contribution in [0.1, 0.15) is 56.2 Å². The second kappa shape index (κ2) is 10.7. The first-order valence-electron chi connectivity index (χ1n) is 9.14. The van der Waals surface area contributed by atoms with E-state index in [1.54, 1.807) is 0 Å². The van der Waals surface area contributed by atoms with Gasteiger partial charge in [-0.3, -0.25) is 0 Å². The topological polar surface area (TPSA) is 58.5 Å². The van der Waals surface area contributed by atoms with Crippen LogP contribution in [-0.2, 0) is 17.5 Å². The van der Waals surface area contributed by atoms with Crippen LogP contribution in [0.25, 0.3) is 0 Å². The third-order valence-electron chi connectivity index (χ3n) is 4.08. The summed E-state index contributed by atoms with van der Waals surface area (Å²) in [6.45, 7) is 4.14. The summed E-state index contributed by atoms with van der Waals surface area (Å²) in [6.07, 6.45) is 3.00. The largest absolute Gasteiger partial charge is 0.434 e. The van der Waals surface area contributed by atoms with Crippen molar-refractivity contribution in [3.8, 4) is 0 Å². The molecule has 1 saturated carbocycles. The number of rotatable bonds is 8. The number of halogens is 3. The fourth-order valence-corrected chi connectivity index (χ4v) is 3.49. The maximum absolute atomic E-state index is 12.6. The molecule has 0 unspecified atom stereocenters. The highest BCUT2D eigenvalue weighted by molar-refractivity contribution is 7.09. The molecule has 0 bridgehead atoms. The third kappa shape index (κ3) is 7.49. The van der Waals surface area contributed by atoms with E-state index in [4.69, 9.17) is 4.74 Å². The van der Waals surface area contributed by atoms with Crippen molar-refractivity contribution in [1.29, 1.82) is 0 Å². The Balaban J connectivity index is 1.71. The molecule has 5 nitrogen and oxygen atoms in total. The molecule has 2 N–H and O–H groups in total. The SMILES string of the molecule is CCNC(=NCc1nc(C(F)(F)F)cs1)NCCCOC1CCCCC1. The number of nitrogens with zero attached hydrogens (tertiary/aromatic N) is 2. The van der Waals surface area contributed by atoms with Crippen molar-refractivity contribution >= 4 is 17.3 Å². The van der Waals surface area contributed by atoms with Gasteiger partial charge in [0.25, 0.3) is 0 Å². The van der Waals surface area contributed by atoms with Crippen LogP contribution in [-0.4, -0.2) is 36.7 Å². The summed E-state index contributed by atoms with van der Waals surface area (Å²) in [6, 6.07) is 0. The highest BCUT2D eigenvalue weighted by Gasteiger charge is 2.33. The molecule has 1 aromatic heterocycles. The van der Waals surface area contributed by atoms with E-state index < -0.39 is 11.9 Å². The van der Waals surface area contributed by atoms with E-state index in [-0.39, 0.29) is 6.54 Å². The minimum atomic E-state index is -4.40. The predicted octanol–water partition coefficient (Wildman–Crippen LogP) is 3.96. The standard InChI is InChI=1S/C17H27F3N4OS/c1-2-21-16(22-9-6-10-25-13-7-4-3-5-8-13)23-11-15-24-14(12-26-15)17(18,19)20/h12-13H,2-11H2,1H3,(H2,21,22,23). The molecule has 0 aromatic carbocycles. The predicted molar refractivity (Wildman–Crippen MR) is 97.4 cm³/mol. The molecule has 1 aliphatic rings. The van der Waals surface area contributed by atoms with Gasteiger partial charge in [0, 0.05) is 25.1 Å². The fraction of sp³-hybridized carbons (Fsp3) is 0.765. The summed E-state index contributed by atoms with van der Waals surface area (Å²) < 4.78 is 43.6. The number of aromatic nitrogens is 1. The van der Waals surface area contributed by atoms with Gasteiger partial charge in [-0.25, -0.2) is 9.98 Å². The molecule has 1 aliphatic carbocycles. The Labute approximate surface area is 156 Å². The first kappa shape index (κ1) is 21.0. The quantitative estimate of drug-likeness (QED) is 0.399. The summed E-state index contributed by atoms with van der Waals surface area (Å²) >= 11 is 0.970. The van der Waals surface area contributed by atoms with Crippen molar-refractivity contribution in [2.75, 3.05) is 19.7 Å². The molecule has 1 aromatic rings. The van der Waals surface area contributed by atoms with Gasteiger partial charge in [-0.2, -0.15) is 13.2 Å². The van der Waals surface area contributed by atoms with E-state index in [2.05, 4.69) is 20.6 Å². The second-order valence-corrected chi connectivity index (χ2v) is 7.17. The molecule has 0 atom stereocenters. The fourth-order valence-electron chi connectivity index (χ4n) is 2.76. The van der Waals surface area contributed by atoms with E-state index >= 15 is 0 Å². The number of thiazole rings is 1. The van der Waals surface area contributed by atoms with Gasteiger partial charge < -0.3 is 15.4 Å². The van der Waals surface area contributed by atoms with Gasteiger partial charge in [-0.05, 0) is 26.2 Å². The van der Waals surface area contributed by atoms with E-state index in [9.17, 15) is 13.2 Å². The number of hydrogen-bond donors (Lipinski definition) is 2. The van der Waals surface area contributed by atoms with Gasteiger partial charge in [0.1, 0.15) is 5.01 Å². The van der Waals surface area contributed by atoms with Crippen LogP contribution in [0.5, 0.6) is 0 Å². The molecule has 0 aliphatic heterocycles. The molecule has 26 heavy (non-hydrogen) atoms. The molecule has 0 amide bonds. The Morgan fingerprint density at radius 2 is 2.08 bits per heavy atom. The van der Waals surface area contributed by atoms with E-state index in [0.717, 1.165) is 36.0 Å². The van der Waals surface area contributed by atoms with E-state index in [1.807, 2.05) is 6.92 Å². The number of nitrogens with one attached hydrogen (secondary N) is 2. The number of guanidine groups is 1. The van der Waals surface area contributed by atoms with Crippen molar-refractivity contribution < 1.29 is 17.9 Å². The summed E-state index contributed by atoms with van der Waals surface area (Å²) in [5, 5.41) is 7.63. The Hall–Kier alpha value is -1.35. The van der Waals surface area contributed by atoms with Gasteiger partial charge in [-0.15, -0.1) is 11.3 Å². The van der Waals surface area contributed by atoms with Gasteiger partial charge in [0.15, 0.2) is 11.7 Å². The summed E-state index contributed by atoms with van der Waals surface area (Å²) in [5.74, 6) is 0.578. The lowest BCUT2D eigenvalue weighted by Gasteiger charge is -2.22. The first-order valence-corrected chi connectivity index (χ1v) is 10.0. The first-order chi connectivity index (χ1) is 12.5. The van der Waals surface area contributed by atoms with Crippen LogP contribution in [0.3, 0.4) is 0 Å². The molecule has 0 radical (unpaired) electrons. The normalized spacial score (nSPS) is 16.7. The molecule has 148 valence electrons. The van der Waals surface area contributed by atoms with Crippen molar-refractivity contribution in [2.45, 2.75) is 64.3 Å². The zero-order valence-electron chi connectivity index (χ0n) is 15.1. The highest BCUT2D eigenvalue weighted by Crippen LogP contribution is 2.30. The van der Waals surface area contributed by atoms with Crippen LogP contribution in [0.4, 0.5) is 13.2 Å². The van der Waals surface area contributed by atoms with Gasteiger partial charge in [0.05, 0.1) is 12.6 Å². The lowest BCUT2D eigenvalue weighted by Crippen LogP contribution is -2.38. The third-order valence-corrected chi connectivity index (χ3v) is 4.91. The van der Waals surface area contributed by atoms with Crippen LogP contribution >= 0.6 is 11.3 Å². The van der Waals surface area contributed by atoms with Gasteiger partial charge in [0.2, 0.25) is 0 Å². The Bertz CT molecular complexity index is 556. The van der Waals surface area contributed by atoms with Crippen LogP contribution in [0.15, 0.2) is 10.4 Å². The summed E-state index contributed by atoms with van der Waals surface area (Å²) in [7, 11) is 0. The lowest BCUT2D eigenvalue weighted by molar-refractivity contribution is -0.140. The number of aliphatic imine (C=N–C) groups is 1. The molecule has 2 rings (SSSR count). The molecule has 0 spiro atoms. The average Bonchev–Trinajstić information content (AvgIpc) is 3.09. The number of ether oxygens (including phenoxy) is 1. The zero-order chi connectivity index (χ0) is 18.8. The van der Waals surface area contributed by atoms with Gasteiger partial charge >= 0.3 is 6.18 Å². The molecule has 1 fully saturated rings. The lowest BCUT2D eigenvalue weighted by atomic mass is 9.98. The molecular weight excluding hydrogens is 365 g/mol. The smallest absolute Gasteiger partial charge is 0.378 e.